The highest BCUT2D eigenvalue weighted by Gasteiger charge is 2.32. The van der Waals surface area contributed by atoms with E-state index in [1.165, 1.54) is 0 Å². The molecular formula is C23H30Cl2N4O2. The first kappa shape index (κ1) is 23.6. The van der Waals surface area contributed by atoms with E-state index < -0.39 is 0 Å². The molecule has 1 saturated carbocycles. The molecule has 2 amide bonds. The fourth-order valence-corrected chi connectivity index (χ4v) is 3.68. The first-order valence-electron chi connectivity index (χ1n) is 10.6. The summed E-state index contributed by atoms with van der Waals surface area (Å²) in [6, 6.07) is 7.00. The fraction of sp³-hybridized carbons (Fsp3) is 0.522. The molecule has 1 aliphatic carbocycles. The van der Waals surface area contributed by atoms with E-state index in [1.807, 2.05) is 19.9 Å². The van der Waals surface area contributed by atoms with Crippen LogP contribution in [0.25, 0.3) is 5.69 Å². The maximum Gasteiger partial charge on any atom is 0.245 e. The van der Waals surface area contributed by atoms with Gasteiger partial charge in [-0.05, 0) is 44.9 Å². The third kappa shape index (κ3) is 5.42. The number of benzene rings is 1. The van der Waals surface area contributed by atoms with Crippen molar-refractivity contribution >= 4 is 40.8 Å². The van der Waals surface area contributed by atoms with Crippen LogP contribution in [0.1, 0.15) is 59.6 Å². The molecule has 1 aromatic heterocycles. The van der Waals surface area contributed by atoms with Gasteiger partial charge in [-0.3, -0.25) is 9.59 Å². The van der Waals surface area contributed by atoms with E-state index in [2.05, 4.69) is 26.1 Å². The summed E-state index contributed by atoms with van der Waals surface area (Å²) in [6.45, 7) is 10.0. The maximum absolute atomic E-state index is 12.9. The van der Waals surface area contributed by atoms with Crippen molar-refractivity contribution in [3.63, 3.8) is 0 Å². The third-order valence-corrected chi connectivity index (χ3v) is 6.31. The molecule has 1 aromatic carbocycles. The number of halogens is 2. The lowest BCUT2D eigenvalue weighted by atomic mass is 9.84. The number of carbonyl (C=O) groups excluding carboxylic acids is 2. The third-order valence-electron chi connectivity index (χ3n) is 5.57. The number of carbonyl (C=O) groups is 2. The van der Waals surface area contributed by atoms with Crippen LogP contribution in [-0.2, 0) is 15.0 Å². The predicted octanol–water partition coefficient (Wildman–Crippen LogP) is 5.45. The smallest absolute Gasteiger partial charge is 0.245 e. The summed E-state index contributed by atoms with van der Waals surface area (Å²) in [5.41, 5.74) is 1.29. The lowest BCUT2D eigenvalue weighted by molar-refractivity contribution is -0.142. The number of nitrogens with one attached hydrogen (secondary N) is 1. The molecule has 0 bridgehead atoms. The highest BCUT2D eigenvalue weighted by atomic mass is 35.5. The van der Waals surface area contributed by atoms with Crippen molar-refractivity contribution in [2.75, 3.05) is 11.9 Å². The Balaban J connectivity index is 1.86. The molecule has 8 heteroatoms. The Kier molecular flexibility index (Phi) is 7.01. The average Bonchev–Trinajstić information content (AvgIpc) is 3.04. The summed E-state index contributed by atoms with van der Waals surface area (Å²) in [4.78, 5) is 27.3. The fourth-order valence-electron chi connectivity index (χ4n) is 3.39. The van der Waals surface area contributed by atoms with Crippen molar-refractivity contribution in [2.45, 2.75) is 65.3 Å². The SMILES string of the molecule is CC(C)N(CC(=O)Nc1cc(C(C)(C)C)nn1-c1ccc(Cl)c(Cl)c1)C(=O)C1CCC1. The largest absolute Gasteiger partial charge is 0.331 e. The van der Waals surface area contributed by atoms with E-state index >= 15 is 0 Å². The van der Waals surface area contributed by atoms with Crippen LogP contribution >= 0.6 is 23.2 Å². The maximum atomic E-state index is 12.9. The zero-order valence-corrected chi connectivity index (χ0v) is 20.2. The van der Waals surface area contributed by atoms with Crippen molar-refractivity contribution in [3.05, 3.63) is 40.0 Å². The molecule has 31 heavy (non-hydrogen) atoms. The highest BCUT2D eigenvalue weighted by molar-refractivity contribution is 6.42. The molecule has 1 fully saturated rings. The predicted molar refractivity (Wildman–Crippen MR) is 125 cm³/mol. The molecule has 1 N–H and O–H groups in total. The van der Waals surface area contributed by atoms with Gasteiger partial charge in [-0.2, -0.15) is 5.10 Å². The normalized spacial score (nSPS) is 14.5. The van der Waals surface area contributed by atoms with Crippen molar-refractivity contribution in [1.82, 2.24) is 14.7 Å². The molecule has 0 spiro atoms. The standard InChI is InChI=1S/C23H30Cl2N4O2/c1-14(2)28(22(31)15-7-6-8-15)13-21(30)26-20-12-19(23(3,4)5)27-29(20)16-9-10-17(24)18(25)11-16/h9-12,14-15H,6-8,13H2,1-5H3,(H,26,30). The second-order valence-corrected chi connectivity index (χ2v) is 10.2. The Morgan fingerprint density at radius 2 is 1.87 bits per heavy atom. The molecule has 3 rings (SSSR count). The van der Waals surface area contributed by atoms with Gasteiger partial charge in [0.2, 0.25) is 11.8 Å². The number of nitrogens with zero attached hydrogens (tertiary/aromatic N) is 3. The average molecular weight is 465 g/mol. The minimum absolute atomic E-state index is 0.00437. The van der Waals surface area contributed by atoms with Gasteiger partial charge in [-0.1, -0.05) is 50.4 Å². The van der Waals surface area contributed by atoms with Gasteiger partial charge >= 0.3 is 0 Å². The lowest BCUT2D eigenvalue weighted by Crippen LogP contribution is -2.46. The highest BCUT2D eigenvalue weighted by Crippen LogP contribution is 2.30. The zero-order valence-electron chi connectivity index (χ0n) is 18.7. The number of aromatic nitrogens is 2. The van der Waals surface area contributed by atoms with Crippen LogP contribution in [0.15, 0.2) is 24.3 Å². The van der Waals surface area contributed by atoms with Gasteiger partial charge < -0.3 is 10.2 Å². The van der Waals surface area contributed by atoms with Gasteiger partial charge in [-0.15, -0.1) is 0 Å². The molecule has 0 radical (unpaired) electrons. The van der Waals surface area contributed by atoms with E-state index in [0.29, 0.717) is 21.6 Å². The van der Waals surface area contributed by atoms with Gasteiger partial charge in [0.15, 0.2) is 0 Å². The number of amides is 2. The number of hydrogen-bond acceptors (Lipinski definition) is 3. The topological polar surface area (TPSA) is 67.2 Å². The van der Waals surface area contributed by atoms with Gasteiger partial charge in [0.05, 0.1) is 21.4 Å². The van der Waals surface area contributed by atoms with Crippen LogP contribution in [0.5, 0.6) is 0 Å². The second-order valence-electron chi connectivity index (χ2n) is 9.41. The van der Waals surface area contributed by atoms with Crippen molar-refractivity contribution in [3.8, 4) is 5.69 Å². The molecule has 168 valence electrons. The zero-order chi connectivity index (χ0) is 22.9. The van der Waals surface area contributed by atoms with Crippen LogP contribution in [0.3, 0.4) is 0 Å². The van der Waals surface area contributed by atoms with E-state index in [-0.39, 0.29) is 35.7 Å². The van der Waals surface area contributed by atoms with Gasteiger partial charge in [0, 0.05) is 23.4 Å². The molecule has 0 atom stereocenters. The van der Waals surface area contributed by atoms with Crippen molar-refractivity contribution in [1.29, 1.82) is 0 Å². The minimum Gasteiger partial charge on any atom is -0.331 e. The Labute approximate surface area is 193 Å². The summed E-state index contributed by atoms with van der Waals surface area (Å²) >= 11 is 12.3. The Morgan fingerprint density at radius 3 is 2.39 bits per heavy atom. The molecule has 1 heterocycles. The van der Waals surface area contributed by atoms with E-state index in [9.17, 15) is 9.59 Å². The van der Waals surface area contributed by atoms with E-state index in [1.54, 1.807) is 27.8 Å². The lowest BCUT2D eigenvalue weighted by Gasteiger charge is -2.33. The quantitative estimate of drug-likeness (QED) is 0.617. The van der Waals surface area contributed by atoms with Crippen LogP contribution in [0, 0.1) is 5.92 Å². The minimum atomic E-state index is -0.261. The van der Waals surface area contributed by atoms with Crippen LogP contribution in [0.4, 0.5) is 5.82 Å². The van der Waals surface area contributed by atoms with Crippen LogP contribution < -0.4 is 5.32 Å². The summed E-state index contributed by atoms with van der Waals surface area (Å²) in [5.74, 6) is 0.366. The Bertz CT molecular complexity index is 974. The molecule has 0 aliphatic heterocycles. The van der Waals surface area contributed by atoms with Crippen molar-refractivity contribution < 1.29 is 9.59 Å². The molecule has 6 nitrogen and oxygen atoms in total. The number of hydrogen-bond donors (Lipinski definition) is 1. The van der Waals surface area contributed by atoms with E-state index in [0.717, 1.165) is 25.0 Å². The van der Waals surface area contributed by atoms with Gasteiger partial charge in [0.1, 0.15) is 12.4 Å². The molecule has 1 aliphatic rings. The summed E-state index contributed by atoms with van der Waals surface area (Å²) < 4.78 is 1.65. The summed E-state index contributed by atoms with van der Waals surface area (Å²) in [5, 5.41) is 8.49. The van der Waals surface area contributed by atoms with Gasteiger partial charge in [0.25, 0.3) is 0 Å². The first-order chi connectivity index (χ1) is 14.5. The molecule has 2 aromatic rings. The Hall–Kier alpha value is -2.05. The van der Waals surface area contributed by atoms with E-state index in [4.69, 9.17) is 28.3 Å². The summed E-state index contributed by atoms with van der Waals surface area (Å²) in [7, 11) is 0. The monoisotopic (exact) mass is 464 g/mol. The van der Waals surface area contributed by atoms with Crippen LogP contribution in [-0.4, -0.2) is 39.1 Å². The number of rotatable bonds is 6. The second kappa shape index (κ2) is 9.21. The summed E-state index contributed by atoms with van der Waals surface area (Å²) in [6.07, 6.45) is 2.89. The number of anilines is 1. The van der Waals surface area contributed by atoms with Crippen molar-refractivity contribution in [2.24, 2.45) is 5.92 Å². The molecule has 0 saturated heterocycles. The van der Waals surface area contributed by atoms with Crippen LogP contribution in [0.2, 0.25) is 10.0 Å². The Morgan fingerprint density at radius 1 is 1.19 bits per heavy atom. The molecular weight excluding hydrogens is 435 g/mol. The molecule has 0 unspecified atom stereocenters. The first-order valence-corrected chi connectivity index (χ1v) is 11.4. The van der Waals surface area contributed by atoms with Gasteiger partial charge in [-0.25, -0.2) is 4.68 Å².